The molecule has 0 fully saturated rings. The van der Waals surface area contributed by atoms with Crippen LogP contribution in [0.15, 0.2) is 72.8 Å². The van der Waals surface area contributed by atoms with Crippen LogP contribution >= 0.6 is 12.6 Å². The molecule has 2 atom stereocenters. The number of rotatable bonds is 6. The van der Waals surface area contributed by atoms with Crippen LogP contribution in [0.5, 0.6) is 0 Å². The molecule has 4 aromatic rings. The monoisotopic (exact) mass is 430 g/mol. The van der Waals surface area contributed by atoms with E-state index in [0.29, 0.717) is 11.4 Å². The number of benzene rings is 3. The van der Waals surface area contributed by atoms with E-state index in [1.807, 2.05) is 48.5 Å². The van der Waals surface area contributed by atoms with Gasteiger partial charge in [-0.2, -0.15) is 12.6 Å². The number of nitrogens with two attached hydrogens (primary N) is 2. The molecule has 0 aliphatic rings. The molecule has 1 heterocycles. The average Bonchev–Trinajstić information content (AvgIpc) is 2.78. The molecule has 0 spiro atoms. The highest BCUT2D eigenvalue weighted by Gasteiger charge is 2.16. The SMILES string of the molecule is Nc1nc(-c2ccc(C[C@H](N)C(=O)O)cc2)cc(C(S)c2ccc3ccccc3c2)n1. The number of nitrogen functional groups attached to an aromatic ring is 1. The molecule has 156 valence electrons. The summed E-state index contributed by atoms with van der Waals surface area (Å²) in [7, 11) is 0. The molecule has 0 saturated carbocycles. The highest BCUT2D eigenvalue weighted by Crippen LogP contribution is 2.31. The smallest absolute Gasteiger partial charge is 0.320 e. The Morgan fingerprint density at radius 1 is 0.968 bits per heavy atom. The van der Waals surface area contributed by atoms with Gasteiger partial charge in [0.15, 0.2) is 0 Å². The van der Waals surface area contributed by atoms with E-state index in [9.17, 15) is 4.79 Å². The van der Waals surface area contributed by atoms with Gasteiger partial charge in [-0.05, 0) is 40.5 Å². The van der Waals surface area contributed by atoms with Gasteiger partial charge in [-0.15, -0.1) is 0 Å². The molecule has 0 saturated heterocycles. The second-order valence-electron chi connectivity index (χ2n) is 7.39. The summed E-state index contributed by atoms with van der Waals surface area (Å²) in [5, 5.41) is 11.0. The summed E-state index contributed by atoms with van der Waals surface area (Å²) < 4.78 is 0. The van der Waals surface area contributed by atoms with E-state index in [2.05, 4.69) is 34.2 Å². The van der Waals surface area contributed by atoms with Crippen LogP contribution in [0.2, 0.25) is 0 Å². The molecule has 0 radical (unpaired) electrons. The number of hydrogen-bond donors (Lipinski definition) is 4. The summed E-state index contributed by atoms with van der Waals surface area (Å²) in [6.45, 7) is 0. The van der Waals surface area contributed by atoms with Gasteiger partial charge in [0.2, 0.25) is 5.95 Å². The molecule has 3 aromatic carbocycles. The fourth-order valence-electron chi connectivity index (χ4n) is 3.47. The summed E-state index contributed by atoms with van der Waals surface area (Å²) in [5.41, 5.74) is 15.7. The van der Waals surface area contributed by atoms with Crippen molar-refractivity contribution in [1.82, 2.24) is 9.97 Å². The first-order valence-corrected chi connectivity index (χ1v) is 10.3. The van der Waals surface area contributed by atoms with Crippen molar-refractivity contribution in [3.05, 3.63) is 89.6 Å². The number of carboxylic acid groups (broad SMARTS) is 1. The van der Waals surface area contributed by atoms with Crippen molar-refractivity contribution < 1.29 is 9.90 Å². The van der Waals surface area contributed by atoms with Crippen molar-refractivity contribution in [1.29, 1.82) is 0 Å². The van der Waals surface area contributed by atoms with Crippen molar-refractivity contribution in [2.24, 2.45) is 5.73 Å². The molecule has 4 rings (SSSR count). The van der Waals surface area contributed by atoms with E-state index in [0.717, 1.165) is 27.5 Å². The molecular formula is C24H22N4O2S. The van der Waals surface area contributed by atoms with Crippen LogP contribution in [0.4, 0.5) is 5.95 Å². The molecule has 7 heteroatoms. The van der Waals surface area contributed by atoms with Gasteiger partial charge in [-0.1, -0.05) is 60.7 Å². The number of hydrogen-bond acceptors (Lipinski definition) is 6. The highest BCUT2D eigenvalue weighted by atomic mass is 32.1. The Bertz CT molecular complexity index is 1240. The van der Waals surface area contributed by atoms with Gasteiger partial charge in [0.25, 0.3) is 0 Å². The van der Waals surface area contributed by atoms with E-state index < -0.39 is 12.0 Å². The van der Waals surface area contributed by atoms with Crippen molar-refractivity contribution >= 4 is 35.3 Å². The predicted molar refractivity (Wildman–Crippen MR) is 126 cm³/mol. The first-order chi connectivity index (χ1) is 14.9. The van der Waals surface area contributed by atoms with Gasteiger partial charge in [-0.3, -0.25) is 4.79 Å². The Kier molecular flexibility index (Phi) is 5.88. The molecule has 0 aliphatic carbocycles. The minimum atomic E-state index is -1.02. The van der Waals surface area contributed by atoms with Gasteiger partial charge in [0.05, 0.1) is 16.6 Å². The molecule has 6 nitrogen and oxygen atoms in total. The number of fused-ring (bicyclic) bond motifs is 1. The van der Waals surface area contributed by atoms with Crippen LogP contribution in [-0.4, -0.2) is 27.1 Å². The summed E-state index contributed by atoms with van der Waals surface area (Å²) in [6, 6.07) is 22.8. The zero-order valence-corrected chi connectivity index (χ0v) is 17.5. The zero-order chi connectivity index (χ0) is 22.0. The lowest BCUT2D eigenvalue weighted by Gasteiger charge is -2.14. The molecule has 5 N–H and O–H groups in total. The largest absolute Gasteiger partial charge is 0.480 e. The van der Waals surface area contributed by atoms with Crippen molar-refractivity contribution in [3.63, 3.8) is 0 Å². The van der Waals surface area contributed by atoms with Crippen molar-refractivity contribution in [2.45, 2.75) is 17.7 Å². The molecule has 0 bridgehead atoms. The van der Waals surface area contributed by atoms with Crippen LogP contribution in [0, 0.1) is 0 Å². The molecule has 31 heavy (non-hydrogen) atoms. The number of thiol groups is 1. The molecule has 1 aromatic heterocycles. The second-order valence-corrected chi connectivity index (χ2v) is 7.91. The summed E-state index contributed by atoms with van der Waals surface area (Å²) in [6.07, 6.45) is 0.257. The second kappa shape index (κ2) is 8.75. The first-order valence-electron chi connectivity index (χ1n) is 9.79. The number of aliphatic carboxylic acids is 1. The zero-order valence-electron chi connectivity index (χ0n) is 16.6. The summed E-state index contributed by atoms with van der Waals surface area (Å²) in [5.74, 6) is -0.852. The Morgan fingerprint density at radius 2 is 1.68 bits per heavy atom. The number of anilines is 1. The predicted octanol–water partition coefficient (Wildman–Crippen LogP) is 3.85. The minimum Gasteiger partial charge on any atom is -0.480 e. The number of aromatic nitrogens is 2. The van der Waals surface area contributed by atoms with E-state index in [-0.39, 0.29) is 17.6 Å². The third kappa shape index (κ3) is 4.68. The summed E-state index contributed by atoms with van der Waals surface area (Å²) >= 11 is 4.80. The lowest BCUT2D eigenvalue weighted by molar-refractivity contribution is -0.138. The number of carboxylic acids is 1. The maximum absolute atomic E-state index is 11.0. The number of carbonyl (C=O) groups is 1. The van der Waals surface area contributed by atoms with E-state index in [4.69, 9.17) is 29.2 Å². The van der Waals surface area contributed by atoms with Crippen LogP contribution < -0.4 is 11.5 Å². The van der Waals surface area contributed by atoms with Crippen LogP contribution in [-0.2, 0) is 11.2 Å². The highest BCUT2D eigenvalue weighted by molar-refractivity contribution is 7.80. The normalized spacial score (nSPS) is 13.1. The maximum atomic E-state index is 11.0. The molecule has 0 amide bonds. The Hall–Kier alpha value is -3.42. The summed E-state index contributed by atoms with van der Waals surface area (Å²) in [4.78, 5) is 19.7. The van der Waals surface area contributed by atoms with E-state index in [1.165, 1.54) is 0 Å². The third-order valence-electron chi connectivity index (χ3n) is 5.16. The lowest BCUT2D eigenvalue weighted by Crippen LogP contribution is -2.32. The van der Waals surface area contributed by atoms with Gasteiger partial charge in [0.1, 0.15) is 6.04 Å². The lowest BCUT2D eigenvalue weighted by atomic mass is 10.0. The van der Waals surface area contributed by atoms with Gasteiger partial charge >= 0.3 is 5.97 Å². The van der Waals surface area contributed by atoms with E-state index >= 15 is 0 Å². The average molecular weight is 431 g/mol. The first kappa shape index (κ1) is 20.8. The standard InChI is InChI=1S/C24H22N4O2S/c25-19(23(29)30)11-14-5-7-16(8-6-14)20-13-21(28-24(26)27-20)22(31)18-10-9-15-3-1-2-4-17(15)12-18/h1-10,12-13,19,22,31H,11,25H2,(H,29,30)(H2,26,27,28)/t19-,22?/m0/s1. The van der Waals surface area contributed by atoms with Crippen LogP contribution in [0.3, 0.4) is 0 Å². The Labute approximate surface area is 185 Å². The molecular weight excluding hydrogens is 408 g/mol. The van der Waals surface area contributed by atoms with Gasteiger partial charge < -0.3 is 16.6 Å². The van der Waals surface area contributed by atoms with E-state index in [1.54, 1.807) is 0 Å². The fourth-order valence-corrected chi connectivity index (χ4v) is 3.77. The Morgan fingerprint density at radius 3 is 2.39 bits per heavy atom. The number of nitrogens with zero attached hydrogens (tertiary/aromatic N) is 2. The quantitative estimate of drug-likeness (QED) is 0.345. The van der Waals surface area contributed by atoms with Crippen LogP contribution in [0.1, 0.15) is 22.1 Å². The molecule has 1 unspecified atom stereocenters. The molecule has 0 aliphatic heterocycles. The Balaban J connectivity index is 1.62. The van der Waals surface area contributed by atoms with Crippen LogP contribution in [0.25, 0.3) is 22.0 Å². The minimum absolute atomic E-state index is 0.171. The fraction of sp³-hybridized carbons (Fsp3) is 0.125. The van der Waals surface area contributed by atoms with Crippen molar-refractivity contribution in [2.75, 3.05) is 5.73 Å². The maximum Gasteiger partial charge on any atom is 0.320 e. The van der Waals surface area contributed by atoms with Gasteiger partial charge in [0, 0.05) is 5.56 Å². The topological polar surface area (TPSA) is 115 Å². The van der Waals surface area contributed by atoms with Crippen molar-refractivity contribution in [3.8, 4) is 11.3 Å². The third-order valence-corrected chi connectivity index (χ3v) is 5.72. The van der Waals surface area contributed by atoms with Gasteiger partial charge in [-0.25, -0.2) is 9.97 Å².